The molecule has 0 saturated carbocycles. The molecule has 2 rings (SSSR count). The molecule has 5 nitrogen and oxygen atoms in total. The Morgan fingerprint density at radius 2 is 1.83 bits per heavy atom. The van der Waals surface area contributed by atoms with Gasteiger partial charge in [-0.25, -0.2) is 0 Å². The van der Waals surface area contributed by atoms with Crippen molar-refractivity contribution < 1.29 is 14.6 Å². The zero-order chi connectivity index (χ0) is 17.2. The molecule has 2 aromatic carbocycles. The first-order chi connectivity index (χ1) is 11.7. The van der Waals surface area contributed by atoms with Crippen LogP contribution in [0.15, 0.2) is 54.6 Å². The van der Waals surface area contributed by atoms with Crippen molar-refractivity contribution in [2.75, 3.05) is 6.54 Å². The first-order valence-corrected chi connectivity index (χ1v) is 7.75. The van der Waals surface area contributed by atoms with Crippen LogP contribution in [0.3, 0.4) is 0 Å². The van der Waals surface area contributed by atoms with Crippen molar-refractivity contribution in [2.24, 2.45) is 0 Å². The first kappa shape index (κ1) is 17.5. The van der Waals surface area contributed by atoms with Gasteiger partial charge in [-0.05, 0) is 29.7 Å². The van der Waals surface area contributed by atoms with E-state index in [0.29, 0.717) is 13.0 Å². The molecule has 0 aromatic heterocycles. The van der Waals surface area contributed by atoms with Crippen molar-refractivity contribution in [3.8, 4) is 11.8 Å². The summed E-state index contributed by atoms with van der Waals surface area (Å²) < 4.78 is 5.73. The zero-order valence-electron chi connectivity index (χ0n) is 13.3. The van der Waals surface area contributed by atoms with Crippen molar-refractivity contribution in [2.45, 2.75) is 25.5 Å². The van der Waals surface area contributed by atoms with E-state index in [-0.39, 0.29) is 19.0 Å². The molecule has 0 aliphatic carbocycles. The predicted molar refractivity (Wildman–Crippen MR) is 90.6 cm³/mol. The van der Waals surface area contributed by atoms with Gasteiger partial charge in [-0.1, -0.05) is 42.5 Å². The van der Waals surface area contributed by atoms with Gasteiger partial charge in [-0.15, -0.1) is 0 Å². The molecule has 5 heteroatoms. The summed E-state index contributed by atoms with van der Waals surface area (Å²) in [6.07, 6.45) is 0.860. The SMILES string of the molecule is N#CC[C@H](Cc1ccc(OCc2ccccc2)cc1)NCC(=O)O. The van der Waals surface area contributed by atoms with Gasteiger partial charge >= 0.3 is 5.97 Å². The highest BCUT2D eigenvalue weighted by Crippen LogP contribution is 2.16. The Morgan fingerprint density at radius 3 is 2.46 bits per heavy atom. The van der Waals surface area contributed by atoms with Crippen LogP contribution in [0.1, 0.15) is 17.5 Å². The second kappa shape index (κ2) is 9.33. The number of nitriles is 1. The van der Waals surface area contributed by atoms with Crippen LogP contribution in [0, 0.1) is 11.3 Å². The lowest BCUT2D eigenvalue weighted by Crippen LogP contribution is -2.35. The second-order valence-electron chi connectivity index (χ2n) is 5.46. The molecule has 0 saturated heterocycles. The summed E-state index contributed by atoms with van der Waals surface area (Å²) in [7, 11) is 0. The minimum absolute atomic E-state index is 0.148. The van der Waals surface area contributed by atoms with Gasteiger partial charge in [0.1, 0.15) is 12.4 Å². The maximum Gasteiger partial charge on any atom is 0.317 e. The van der Waals surface area contributed by atoms with Crippen LogP contribution >= 0.6 is 0 Å². The number of ether oxygens (including phenoxy) is 1. The number of benzene rings is 2. The van der Waals surface area contributed by atoms with Crippen molar-refractivity contribution in [3.63, 3.8) is 0 Å². The number of carboxylic acids is 1. The highest BCUT2D eigenvalue weighted by atomic mass is 16.5. The molecule has 0 fully saturated rings. The molecular weight excluding hydrogens is 304 g/mol. The monoisotopic (exact) mass is 324 g/mol. The Morgan fingerprint density at radius 1 is 1.12 bits per heavy atom. The standard InChI is InChI=1S/C19H20N2O3/c20-11-10-17(21-13-19(22)23)12-15-6-8-18(9-7-15)24-14-16-4-2-1-3-5-16/h1-9,17,21H,10,12-14H2,(H,22,23)/t17-/m1/s1. The van der Waals surface area contributed by atoms with E-state index in [1.807, 2.05) is 54.6 Å². The number of nitrogens with one attached hydrogen (secondary N) is 1. The van der Waals surface area contributed by atoms with Crippen LogP contribution in [0.25, 0.3) is 0 Å². The second-order valence-corrected chi connectivity index (χ2v) is 5.46. The molecule has 2 aromatic rings. The Labute approximate surface area is 141 Å². The molecule has 0 aliphatic rings. The lowest BCUT2D eigenvalue weighted by atomic mass is 10.0. The maximum absolute atomic E-state index is 10.6. The van der Waals surface area contributed by atoms with E-state index in [1.54, 1.807) is 0 Å². The molecule has 0 spiro atoms. The molecular formula is C19H20N2O3. The van der Waals surface area contributed by atoms with Gasteiger partial charge in [0.05, 0.1) is 19.0 Å². The van der Waals surface area contributed by atoms with Crippen LogP contribution in [0.5, 0.6) is 5.75 Å². The smallest absolute Gasteiger partial charge is 0.317 e. The van der Waals surface area contributed by atoms with E-state index in [9.17, 15) is 4.79 Å². The average molecular weight is 324 g/mol. The molecule has 124 valence electrons. The molecule has 0 unspecified atom stereocenters. The van der Waals surface area contributed by atoms with Crippen LogP contribution in [0.2, 0.25) is 0 Å². The lowest BCUT2D eigenvalue weighted by molar-refractivity contribution is -0.136. The maximum atomic E-state index is 10.6. The van der Waals surface area contributed by atoms with E-state index in [2.05, 4.69) is 11.4 Å². The van der Waals surface area contributed by atoms with E-state index >= 15 is 0 Å². The molecule has 0 radical (unpaired) electrons. The summed E-state index contributed by atoms with van der Waals surface area (Å²) in [6.45, 7) is 0.363. The Balaban J connectivity index is 1.88. The minimum atomic E-state index is -0.928. The molecule has 0 aliphatic heterocycles. The Bertz CT molecular complexity index is 678. The summed E-state index contributed by atoms with van der Waals surface area (Å²) >= 11 is 0. The summed E-state index contributed by atoms with van der Waals surface area (Å²) in [5.41, 5.74) is 2.13. The lowest BCUT2D eigenvalue weighted by Gasteiger charge is -2.15. The van der Waals surface area contributed by atoms with Crippen molar-refractivity contribution in [1.82, 2.24) is 5.32 Å². The van der Waals surface area contributed by atoms with Gasteiger partial charge in [0.15, 0.2) is 0 Å². The quantitative estimate of drug-likeness (QED) is 0.741. The molecule has 0 amide bonds. The van der Waals surface area contributed by atoms with E-state index < -0.39 is 5.97 Å². The summed E-state index contributed by atoms with van der Waals surface area (Å²) in [5.74, 6) is -0.152. The largest absolute Gasteiger partial charge is 0.489 e. The highest BCUT2D eigenvalue weighted by Gasteiger charge is 2.10. The molecule has 24 heavy (non-hydrogen) atoms. The molecule has 0 heterocycles. The first-order valence-electron chi connectivity index (χ1n) is 7.75. The number of carbonyl (C=O) groups is 1. The number of carboxylic acid groups (broad SMARTS) is 1. The van der Waals surface area contributed by atoms with Crippen molar-refractivity contribution >= 4 is 5.97 Å². The fraction of sp³-hybridized carbons (Fsp3) is 0.263. The van der Waals surface area contributed by atoms with E-state index in [1.165, 1.54) is 0 Å². The van der Waals surface area contributed by atoms with E-state index in [4.69, 9.17) is 15.1 Å². The number of rotatable bonds is 9. The fourth-order valence-electron chi connectivity index (χ4n) is 2.31. The number of hydrogen-bond acceptors (Lipinski definition) is 4. The Hall–Kier alpha value is -2.84. The third-order valence-corrected chi connectivity index (χ3v) is 3.53. The van der Waals surface area contributed by atoms with Gasteiger partial charge in [0, 0.05) is 6.04 Å². The number of aliphatic carboxylic acids is 1. The topological polar surface area (TPSA) is 82.3 Å². The fourth-order valence-corrected chi connectivity index (χ4v) is 2.31. The van der Waals surface area contributed by atoms with Crippen LogP contribution < -0.4 is 10.1 Å². The average Bonchev–Trinajstić information content (AvgIpc) is 2.60. The third-order valence-electron chi connectivity index (χ3n) is 3.53. The predicted octanol–water partition coefficient (Wildman–Crippen LogP) is 2.76. The normalized spacial score (nSPS) is 11.5. The van der Waals surface area contributed by atoms with Crippen molar-refractivity contribution in [3.05, 3.63) is 65.7 Å². The van der Waals surface area contributed by atoms with Crippen molar-refractivity contribution in [1.29, 1.82) is 5.26 Å². The van der Waals surface area contributed by atoms with Crippen LogP contribution in [-0.2, 0) is 17.8 Å². The van der Waals surface area contributed by atoms with Gasteiger partial charge in [0.2, 0.25) is 0 Å². The van der Waals surface area contributed by atoms with Gasteiger partial charge in [0.25, 0.3) is 0 Å². The summed E-state index contributed by atoms with van der Waals surface area (Å²) in [6, 6.07) is 19.5. The molecule has 2 N–H and O–H groups in total. The highest BCUT2D eigenvalue weighted by molar-refractivity contribution is 5.69. The van der Waals surface area contributed by atoms with Crippen LogP contribution in [0.4, 0.5) is 0 Å². The summed E-state index contributed by atoms with van der Waals surface area (Å²) in [5, 5.41) is 20.4. The molecule has 0 bridgehead atoms. The molecule has 1 atom stereocenters. The van der Waals surface area contributed by atoms with E-state index in [0.717, 1.165) is 16.9 Å². The zero-order valence-corrected chi connectivity index (χ0v) is 13.3. The number of nitrogens with zero attached hydrogens (tertiary/aromatic N) is 1. The van der Waals surface area contributed by atoms with Crippen LogP contribution in [-0.4, -0.2) is 23.7 Å². The third kappa shape index (κ3) is 6.11. The van der Waals surface area contributed by atoms with Gasteiger partial charge < -0.3 is 15.2 Å². The number of hydrogen-bond donors (Lipinski definition) is 2. The van der Waals surface area contributed by atoms with Gasteiger partial charge in [-0.3, -0.25) is 4.79 Å². The summed E-state index contributed by atoms with van der Waals surface area (Å²) in [4.78, 5) is 10.6. The van der Waals surface area contributed by atoms with Gasteiger partial charge in [-0.2, -0.15) is 5.26 Å². The minimum Gasteiger partial charge on any atom is -0.489 e. The Kier molecular flexibility index (Phi) is 6.81.